The van der Waals surface area contributed by atoms with E-state index in [0.29, 0.717) is 24.6 Å². The molecule has 1 saturated carbocycles. The molecule has 2 heterocycles. The van der Waals surface area contributed by atoms with Gasteiger partial charge in [-0.15, -0.1) is 0 Å². The van der Waals surface area contributed by atoms with E-state index >= 15 is 0 Å². The lowest BCUT2D eigenvalue weighted by molar-refractivity contribution is -0.143. The third-order valence-electron chi connectivity index (χ3n) is 5.17. The van der Waals surface area contributed by atoms with Crippen molar-refractivity contribution in [1.29, 1.82) is 0 Å². The van der Waals surface area contributed by atoms with Gasteiger partial charge in [-0.05, 0) is 38.3 Å². The summed E-state index contributed by atoms with van der Waals surface area (Å²) >= 11 is 0. The summed E-state index contributed by atoms with van der Waals surface area (Å²) in [5.41, 5.74) is 0.671. The van der Waals surface area contributed by atoms with Gasteiger partial charge in [0.15, 0.2) is 6.10 Å². The largest absolute Gasteiger partial charge is 0.479 e. The quantitative estimate of drug-likeness (QED) is 0.826. The highest BCUT2D eigenvalue weighted by Gasteiger charge is 2.40. The van der Waals surface area contributed by atoms with Crippen molar-refractivity contribution in [3.05, 3.63) is 24.3 Å². The molecule has 1 saturated heterocycles. The van der Waals surface area contributed by atoms with Crippen LogP contribution in [0.1, 0.15) is 26.2 Å². The highest BCUT2D eigenvalue weighted by atomic mass is 16.5. The summed E-state index contributed by atoms with van der Waals surface area (Å²) in [7, 11) is 0. The summed E-state index contributed by atoms with van der Waals surface area (Å²) in [5, 5.41) is 0. The SMILES string of the molecule is CC1Oc2ccccc2N(CC(=O)N2CCOC3CCCC32)C1=O. The molecule has 3 unspecified atom stereocenters. The number of para-hydroxylation sites is 2. The summed E-state index contributed by atoms with van der Waals surface area (Å²) in [6.07, 6.45) is 2.69. The van der Waals surface area contributed by atoms with Crippen LogP contribution in [-0.2, 0) is 14.3 Å². The Kier molecular flexibility index (Phi) is 3.92. The number of hydrogen-bond donors (Lipinski definition) is 0. The van der Waals surface area contributed by atoms with Crippen LogP contribution in [0.25, 0.3) is 0 Å². The summed E-state index contributed by atoms with van der Waals surface area (Å²) in [5.74, 6) is 0.476. The van der Waals surface area contributed by atoms with Crippen LogP contribution in [0.2, 0.25) is 0 Å². The van der Waals surface area contributed by atoms with E-state index in [2.05, 4.69) is 0 Å². The molecule has 3 aliphatic rings. The maximum Gasteiger partial charge on any atom is 0.268 e. The molecule has 4 rings (SSSR count). The van der Waals surface area contributed by atoms with Crippen LogP contribution in [0.15, 0.2) is 24.3 Å². The van der Waals surface area contributed by atoms with E-state index in [1.165, 1.54) is 0 Å². The average Bonchev–Trinajstić information content (AvgIpc) is 3.07. The van der Waals surface area contributed by atoms with E-state index < -0.39 is 6.10 Å². The normalized spacial score (nSPS) is 29.0. The highest BCUT2D eigenvalue weighted by Crippen LogP contribution is 2.34. The van der Waals surface area contributed by atoms with E-state index in [1.54, 1.807) is 11.8 Å². The molecule has 0 aromatic heterocycles. The number of amides is 2. The zero-order valence-corrected chi connectivity index (χ0v) is 13.8. The number of rotatable bonds is 2. The number of ether oxygens (including phenoxy) is 2. The lowest BCUT2D eigenvalue weighted by atomic mass is 10.1. The smallest absolute Gasteiger partial charge is 0.268 e. The lowest BCUT2D eigenvalue weighted by Gasteiger charge is -2.39. The Morgan fingerprint density at radius 1 is 1.29 bits per heavy atom. The predicted molar refractivity (Wildman–Crippen MR) is 88.0 cm³/mol. The van der Waals surface area contributed by atoms with Crippen LogP contribution in [0, 0.1) is 0 Å². The van der Waals surface area contributed by atoms with Crippen molar-refractivity contribution in [2.45, 2.75) is 44.4 Å². The van der Waals surface area contributed by atoms with Gasteiger partial charge in [0.05, 0.1) is 24.4 Å². The number of carbonyl (C=O) groups excluding carboxylic acids is 2. The molecule has 6 heteroatoms. The molecule has 128 valence electrons. The second-order valence-corrected chi connectivity index (χ2v) is 6.65. The van der Waals surface area contributed by atoms with Crippen LogP contribution < -0.4 is 9.64 Å². The minimum Gasteiger partial charge on any atom is -0.479 e. The van der Waals surface area contributed by atoms with Gasteiger partial charge in [0.1, 0.15) is 12.3 Å². The van der Waals surface area contributed by atoms with E-state index in [4.69, 9.17) is 9.47 Å². The molecular formula is C18H22N2O4. The van der Waals surface area contributed by atoms with Gasteiger partial charge in [0.2, 0.25) is 5.91 Å². The molecule has 1 aliphatic carbocycles. The molecule has 0 N–H and O–H groups in total. The van der Waals surface area contributed by atoms with Crippen LogP contribution in [0.4, 0.5) is 5.69 Å². The molecule has 2 aliphatic heterocycles. The van der Waals surface area contributed by atoms with Gasteiger partial charge >= 0.3 is 0 Å². The Bertz CT molecular complexity index is 662. The van der Waals surface area contributed by atoms with Crippen LogP contribution in [0.3, 0.4) is 0 Å². The first-order valence-electron chi connectivity index (χ1n) is 8.63. The first-order chi connectivity index (χ1) is 11.6. The summed E-state index contributed by atoms with van der Waals surface area (Å²) in [6, 6.07) is 7.54. The van der Waals surface area contributed by atoms with Gasteiger partial charge in [0, 0.05) is 6.54 Å². The maximum atomic E-state index is 12.9. The van der Waals surface area contributed by atoms with Crippen LogP contribution in [-0.4, -0.2) is 54.7 Å². The zero-order chi connectivity index (χ0) is 16.7. The van der Waals surface area contributed by atoms with Crippen molar-refractivity contribution in [2.75, 3.05) is 24.6 Å². The fraction of sp³-hybridized carbons (Fsp3) is 0.556. The Hall–Kier alpha value is -2.08. The van der Waals surface area contributed by atoms with Crippen LogP contribution in [0.5, 0.6) is 5.75 Å². The average molecular weight is 330 g/mol. The number of benzene rings is 1. The summed E-state index contributed by atoms with van der Waals surface area (Å²) in [6.45, 7) is 2.97. The molecule has 1 aromatic rings. The Labute approximate surface area is 141 Å². The van der Waals surface area contributed by atoms with Crippen molar-refractivity contribution < 1.29 is 19.1 Å². The molecule has 24 heavy (non-hydrogen) atoms. The van der Waals surface area contributed by atoms with Crippen molar-refractivity contribution in [2.24, 2.45) is 0 Å². The van der Waals surface area contributed by atoms with Crippen molar-refractivity contribution in [1.82, 2.24) is 4.90 Å². The van der Waals surface area contributed by atoms with E-state index in [9.17, 15) is 9.59 Å². The third-order valence-corrected chi connectivity index (χ3v) is 5.17. The molecule has 0 spiro atoms. The number of fused-ring (bicyclic) bond motifs is 2. The molecule has 1 aromatic carbocycles. The van der Waals surface area contributed by atoms with Gasteiger partial charge in [-0.25, -0.2) is 0 Å². The van der Waals surface area contributed by atoms with Gasteiger partial charge in [-0.1, -0.05) is 12.1 Å². The van der Waals surface area contributed by atoms with Gasteiger partial charge in [-0.2, -0.15) is 0 Å². The Balaban J connectivity index is 1.55. The van der Waals surface area contributed by atoms with Crippen molar-refractivity contribution >= 4 is 17.5 Å². The fourth-order valence-corrected chi connectivity index (χ4v) is 3.98. The minimum absolute atomic E-state index is 0.00699. The van der Waals surface area contributed by atoms with Crippen molar-refractivity contribution in [3.63, 3.8) is 0 Å². The number of hydrogen-bond acceptors (Lipinski definition) is 4. The molecule has 0 radical (unpaired) electrons. The Morgan fingerprint density at radius 3 is 3.00 bits per heavy atom. The first-order valence-corrected chi connectivity index (χ1v) is 8.63. The number of anilines is 1. The van der Waals surface area contributed by atoms with E-state index in [0.717, 1.165) is 19.3 Å². The van der Waals surface area contributed by atoms with Crippen molar-refractivity contribution in [3.8, 4) is 5.75 Å². The lowest BCUT2D eigenvalue weighted by Crippen LogP contribution is -2.55. The fourth-order valence-electron chi connectivity index (χ4n) is 3.98. The summed E-state index contributed by atoms with van der Waals surface area (Å²) < 4.78 is 11.4. The topological polar surface area (TPSA) is 59.1 Å². The molecular weight excluding hydrogens is 308 g/mol. The molecule has 6 nitrogen and oxygen atoms in total. The minimum atomic E-state index is -0.573. The number of nitrogens with zero attached hydrogens (tertiary/aromatic N) is 2. The van der Waals surface area contributed by atoms with Gasteiger partial charge < -0.3 is 14.4 Å². The van der Waals surface area contributed by atoms with E-state index in [-0.39, 0.29) is 30.5 Å². The standard InChI is InChI=1S/C18H22N2O4/c1-12-18(22)20(14-5-2-3-7-16(14)24-12)11-17(21)19-9-10-23-15-8-4-6-13(15)19/h2-3,5,7,12-13,15H,4,6,8-11H2,1H3. The first kappa shape index (κ1) is 15.4. The number of morpholine rings is 1. The van der Waals surface area contributed by atoms with Gasteiger partial charge in [-0.3, -0.25) is 14.5 Å². The summed E-state index contributed by atoms with van der Waals surface area (Å²) in [4.78, 5) is 28.9. The Morgan fingerprint density at radius 2 is 2.12 bits per heavy atom. The maximum absolute atomic E-state index is 12.9. The van der Waals surface area contributed by atoms with E-state index in [1.807, 2.05) is 29.2 Å². The second-order valence-electron chi connectivity index (χ2n) is 6.65. The van der Waals surface area contributed by atoms with Crippen LogP contribution >= 0.6 is 0 Å². The second kappa shape index (κ2) is 6.09. The molecule has 2 fully saturated rings. The molecule has 2 amide bonds. The highest BCUT2D eigenvalue weighted by molar-refractivity contribution is 6.03. The zero-order valence-electron chi connectivity index (χ0n) is 13.8. The van der Waals surface area contributed by atoms with Gasteiger partial charge in [0.25, 0.3) is 5.91 Å². The third kappa shape index (κ3) is 2.55. The molecule has 3 atom stereocenters. The predicted octanol–water partition coefficient (Wildman–Crippen LogP) is 1.58. The number of carbonyl (C=O) groups is 2. The molecule has 0 bridgehead atoms. The monoisotopic (exact) mass is 330 g/mol.